The van der Waals surface area contributed by atoms with Crippen LogP contribution < -0.4 is 10.1 Å². The lowest BCUT2D eigenvalue weighted by Gasteiger charge is -2.17. The van der Waals surface area contributed by atoms with E-state index in [-0.39, 0.29) is 17.5 Å². The largest absolute Gasteiger partial charge is 0.508 e. The molecule has 6 nitrogen and oxygen atoms in total. The van der Waals surface area contributed by atoms with Gasteiger partial charge in [0, 0.05) is 18.0 Å². The Kier molecular flexibility index (Phi) is 4.01. The first-order valence-electron chi connectivity index (χ1n) is 6.00. The summed E-state index contributed by atoms with van der Waals surface area (Å²) in [6, 6.07) is 6.68. The Balaban J connectivity index is 2.28. The quantitative estimate of drug-likeness (QED) is 0.885. The second kappa shape index (κ2) is 5.89. The van der Waals surface area contributed by atoms with E-state index in [0.29, 0.717) is 17.1 Å². The molecule has 2 aromatic rings. The number of nitriles is 1. The number of benzene rings is 1. The van der Waals surface area contributed by atoms with Gasteiger partial charge in [-0.1, -0.05) is 0 Å². The lowest BCUT2D eigenvalue weighted by atomic mass is 10.1. The number of anilines is 1. The molecule has 1 unspecified atom stereocenters. The van der Waals surface area contributed by atoms with E-state index in [1.807, 2.05) is 13.0 Å². The molecule has 20 heavy (non-hydrogen) atoms. The molecule has 0 aliphatic rings. The average Bonchev–Trinajstić information content (AvgIpc) is 2.48. The molecule has 0 saturated heterocycles. The summed E-state index contributed by atoms with van der Waals surface area (Å²) in [5.74, 6) is 1.17. The fraction of sp³-hybridized carbons (Fsp3) is 0.214. The van der Waals surface area contributed by atoms with Crippen LogP contribution in [0.15, 0.2) is 30.6 Å². The molecule has 0 amide bonds. The number of aromatic hydroxyl groups is 1. The van der Waals surface area contributed by atoms with Crippen LogP contribution in [0.2, 0.25) is 0 Å². The van der Waals surface area contributed by atoms with Gasteiger partial charge in [0.15, 0.2) is 11.5 Å². The summed E-state index contributed by atoms with van der Waals surface area (Å²) in [5.41, 5.74) is 0.862. The summed E-state index contributed by atoms with van der Waals surface area (Å²) >= 11 is 0. The molecule has 0 spiro atoms. The van der Waals surface area contributed by atoms with Crippen LogP contribution in [0.25, 0.3) is 0 Å². The molecule has 2 rings (SSSR count). The van der Waals surface area contributed by atoms with Crippen LogP contribution in [-0.4, -0.2) is 22.2 Å². The molecule has 1 atom stereocenters. The Morgan fingerprint density at radius 2 is 2.10 bits per heavy atom. The third-order valence-electron chi connectivity index (χ3n) is 2.86. The predicted octanol–water partition coefficient (Wildman–Crippen LogP) is 2.24. The average molecular weight is 270 g/mol. The molecule has 102 valence electrons. The van der Waals surface area contributed by atoms with Crippen molar-refractivity contribution < 1.29 is 9.84 Å². The third-order valence-corrected chi connectivity index (χ3v) is 2.86. The third kappa shape index (κ3) is 2.78. The topological polar surface area (TPSA) is 91.1 Å². The van der Waals surface area contributed by atoms with Crippen LogP contribution in [0.5, 0.6) is 11.5 Å². The molecule has 0 fully saturated rings. The molecule has 1 aromatic carbocycles. The van der Waals surface area contributed by atoms with Crippen molar-refractivity contribution in [3.05, 3.63) is 41.9 Å². The number of rotatable bonds is 4. The molecule has 2 N–H and O–H groups in total. The van der Waals surface area contributed by atoms with Crippen molar-refractivity contribution in [1.29, 1.82) is 5.26 Å². The molecule has 1 heterocycles. The SMILES string of the molecule is COc1ccc(O)c(C(C)Nc2nccnc2C#N)c1. The number of hydrogen-bond donors (Lipinski definition) is 2. The lowest BCUT2D eigenvalue weighted by molar-refractivity contribution is 0.410. The van der Waals surface area contributed by atoms with Gasteiger partial charge in [-0.2, -0.15) is 5.26 Å². The van der Waals surface area contributed by atoms with E-state index < -0.39 is 0 Å². The molecule has 1 aromatic heterocycles. The molecule has 0 radical (unpaired) electrons. The highest BCUT2D eigenvalue weighted by Crippen LogP contribution is 2.30. The van der Waals surface area contributed by atoms with Crippen molar-refractivity contribution in [3.8, 4) is 17.6 Å². The van der Waals surface area contributed by atoms with Crippen LogP contribution in [0.3, 0.4) is 0 Å². The molecule has 0 saturated carbocycles. The first-order valence-corrected chi connectivity index (χ1v) is 6.00. The first kappa shape index (κ1) is 13.6. The minimum Gasteiger partial charge on any atom is -0.508 e. The van der Waals surface area contributed by atoms with Crippen molar-refractivity contribution in [2.45, 2.75) is 13.0 Å². The maximum absolute atomic E-state index is 9.91. The fourth-order valence-corrected chi connectivity index (χ4v) is 1.81. The van der Waals surface area contributed by atoms with Crippen LogP contribution >= 0.6 is 0 Å². The van der Waals surface area contributed by atoms with Gasteiger partial charge in [0.2, 0.25) is 0 Å². The number of nitrogens with zero attached hydrogens (tertiary/aromatic N) is 3. The Bertz CT molecular complexity index is 652. The number of aromatic nitrogens is 2. The number of phenolic OH excluding ortho intramolecular Hbond substituents is 1. The Labute approximate surface area is 116 Å². The minimum absolute atomic E-state index is 0.146. The Hall–Kier alpha value is -2.81. The minimum atomic E-state index is -0.256. The molecule has 0 bridgehead atoms. The second-order valence-corrected chi connectivity index (χ2v) is 4.16. The highest BCUT2D eigenvalue weighted by molar-refractivity contribution is 5.50. The van der Waals surface area contributed by atoms with Crippen molar-refractivity contribution in [2.24, 2.45) is 0 Å². The predicted molar refractivity (Wildman–Crippen MR) is 73.4 cm³/mol. The first-order chi connectivity index (χ1) is 9.65. The molecular weight excluding hydrogens is 256 g/mol. The summed E-state index contributed by atoms with van der Waals surface area (Å²) in [4.78, 5) is 8.01. The smallest absolute Gasteiger partial charge is 0.182 e. The summed E-state index contributed by atoms with van der Waals surface area (Å²) in [7, 11) is 1.56. The van der Waals surface area contributed by atoms with E-state index in [1.165, 1.54) is 12.4 Å². The van der Waals surface area contributed by atoms with Gasteiger partial charge in [-0.25, -0.2) is 9.97 Å². The van der Waals surface area contributed by atoms with Gasteiger partial charge in [0.25, 0.3) is 0 Å². The van der Waals surface area contributed by atoms with E-state index in [9.17, 15) is 5.11 Å². The van der Waals surface area contributed by atoms with Gasteiger partial charge in [-0.05, 0) is 25.1 Å². The monoisotopic (exact) mass is 270 g/mol. The fourth-order valence-electron chi connectivity index (χ4n) is 1.81. The van der Waals surface area contributed by atoms with Crippen LogP contribution in [0.1, 0.15) is 24.2 Å². The van der Waals surface area contributed by atoms with Crippen molar-refractivity contribution in [2.75, 3.05) is 12.4 Å². The lowest BCUT2D eigenvalue weighted by Crippen LogP contribution is -2.10. The van der Waals surface area contributed by atoms with Crippen molar-refractivity contribution in [3.63, 3.8) is 0 Å². The Morgan fingerprint density at radius 1 is 1.35 bits per heavy atom. The zero-order valence-electron chi connectivity index (χ0n) is 11.2. The second-order valence-electron chi connectivity index (χ2n) is 4.16. The van der Waals surface area contributed by atoms with Gasteiger partial charge >= 0.3 is 0 Å². The van der Waals surface area contributed by atoms with Gasteiger partial charge in [-0.15, -0.1) is 0 Å². The molecular formula is C14H14N4O2. The molecule has 6 heteroatoms. The zero-order chi connectivity index (χ0) is 14.5. The van der Waals surface area contributed by atoms with E-state index >= 15 is 0 Å². The summed E-state index contributed by atoms with van der Waals surface area (Å²) in [5, 5.41) is 21.9. The summed E-state index contributed by atoms with van der Waals surface area (Å²) < 4.78 is 5.14. The van der Waals surface area contributed by atoms with Gasteiger partial charge < -0.3 is 15.2 Å². The maximum atomic E-state index is 9.91. The van der Waals surface area contributed by atoms with Gasteiger partial charge in [-0.3, -0.25) is 0 Å². The number of phenols is 1. The number of methoxy groups -OCH3 is 1. The molecule has 0 aliphatic heterocycles. The summed E-state index contributed by atoms with van der Waals surface area (Å²) in [6.07, 6.45) is 2.96. The Morgan fingerprint density at radius 3 is 2.80 bits per heavy atom. The van der Waals surface area contributed by atoms with Crippen molar-refractivity contribution in [1.82, 2.24) is 9.97 Å². The molecule has 0 aliphatic carbocycles. The summed E-state index contributed by atoms with van der Waals surface area (Å²) in [6.45, 7) is 1.85. The number of ether oxygens (including phenoxy) is 1. The van der Waals surface area contributed by atoms with E-state index in [2.05, 4.69) is 15.3 Å². The standard InChI is InChI=1S/C14H14N4O2/c1-9(11-7-10(20-2)3-4-13(11)19)18-14-12(8-15)16-5-6-17-14/h3-7,9,19H,1-2H3,(H,17,18). The highest BCUT2D eigenvalue weighted by atomic mass is 16.5. The number of hydrogen-bond acceptors (Lipinski definition) is 6. The van der Waals surface area contributed by atoms with E-state index in [1.54, 1.807) is 25.3 Å². The van der Waals surface area contributed by atoms with Crippen LogP contribution in [-0.2, 0) is 0 Å². The zero-order valence-corrected chi connectivity index (χ0v) is 11.2. The number of nitrogens with one attached hydrogen (secondary N) is 1. The van der Waals surface area contributed by atoms with E-state index in [4.69, 9.17) is 10.00 Å². The van der Waals surface area contributed by atoms with Crippen LogP contribution in [0.4, 0.5) is 5.82 Å². The highest BCUT2D eigenvalue weighted by Gasteiger charge is 2.14. The van der Waals surface area contributed by atoms with Crippen LogP contribution in [0, 0.1) is 11.3 Å². The maximum Gasteiger partial charge on any atom is 0.182 e. The van der Waals surface area contributed by atoms with E-state index in [0.717, 1.165) is 0 Å². The normalized spacial score (nSPS) is 11.4. The van der Waals surface area contributed by atoms with Gasteiger partial charge in [0.1, 0.15) is 17.6 Å². The van der Waals surface area contributed by atoms with Crippen molar-refractivity contribution >= 4 is 5.82 Å². The van der Waals surface area contributed by atoms with Gasteiger partial charge in [0.05, 0.1) is 13.2 Å².